The fourth-order valence-electron chi connectivity index (χ4n) is 2.35. The van der Waals surface area contributed by atoms with E-state index in [0.29, 0.717) is 5.92 Å². The molecule has 1 atom stereocenters. The van der Waals surface area contributed by atoms with Gasteiger partial charge in [0.05, 0.1) is 6.61 Å². The van der Waals surface area contributed by atoms with Crippen LogP contribution in [0.4, 0.5) is 0 Å². The quantitative estimate of drug-likeness (QED) is 0.592. The van der Waals surface area contributed by atoms with E-state index in [9.17, 15) is 0 Å². The largest absolute Gasteiger partial charge is 0.493 e. The van der Waals surface area contributed by atoms with Gasteiger partial charge in [-0.2, -0.15) is 0 Å². The molecule has 2 rings (SSSR count). The van der Waals surface area contributed by atoms with Crippen molar-refractivity contribution in [2.75, 3.05) is 19.0 Å². The zero-order valence-electron chi connectivity index (χ0n) is 11.3. The molecule has 0 bridgehead atoms. The smallest absolute Gasteiger partial charge is 0.127 e. The molecule has 0 spiro atoms. The summed E-state index contributed by atoms with van der Waals surface area (Å²) in [5.41, 5.74) is 2.58. The van der Waals surface area contributed by atoms with Crippen LogP contribution in [0.5, 0.6) is 5.75 Å². The van der Waals surface area contributed by atoms with Crippen LogP contribution in [0.25, 0.3) is 0 Å². The van der Waals surface area contributed by atoms with Gasteiger partial charge in [-0.05, 0) is 43.0 Å². The summed E-state index contributed by atoms with van der Waals surface area (Å²) >= 11 is 9.37. The van der Waals surface area contributed by atoms with Gasteiger partial charge in [-0.3, -0.25) is 0 Å². The lowest BCUT2D eigenvalue weighted by molar-refractivity contribution is 0.352. The maximum atomic E-state index is 5.80. The maximum Gasteiger partial charge on any atom is 0.127 e. The third kappa shape index (κ3) is 4.37. The zero-order chi connectivity index (χ0) is 13.7. The minimum absolute atomic E-state index is 0.613. The molecule has 2 nitrogen and oxygen atoms in total. The molecule has 0 fully saturated rings. The molecule has 0 amide bonds. The molecular weight excluding hydrogens is 326 g/mol. The summed E-state index contributed by atoms with van der Waals surface area (Å²) in [6.45, 7) is 4.91. The molecule has 19 heavy (non-hydrogen) atoms. The molecule has 106 valence electrons. The van der Waals surface area contributed by atoms with Crippen LogP contribution in [0, 0.1) is 5.92 Å². The Labute approximate surface area is 129 Å². The van der Waals surface area contributed by atoms with Gasteiger partial charge in [0, 0.05) is 28.9 Å². The number of halogens is 2. The Morgan fingerprint density at radius 2 is 2.32 bits per heavy atom. The molecule has 1 aromatic carbocycles. The summed E-state index contributed by atoms with van der Waals surface area (Å²) in [4.78, 5) is 0. The second kappa shape index (κ2) is 7.51. The van der Waals surface area contributed by atoms with Gasteiger partial charge in [-0.15, -0.1) is 11.6 Å². The highest BCUT2D eigenvalue weighted by Crippen LogP contribution is 2.32. The molecule has 0 aromatic heterocycles. The van der Waals surface area contributed by atoms with E-state index in [1.807, 2.05) is 0 Å². The zero-order valence-corrected chi connectivity index (χ0v) is 13.7. The third-order valence-corrected chi connectivity index (χ3v) is 4.44. The third-order valence-electron chi connectivity index (χ3n) is 3.45. The van der Waals surface area contributed by atoms with Gasteiger partial charge in [0.25, 0.3) is 0 Å². The minimum atomic E-state index is 0.613. The van der Waals surface area contributed by atoms with Crippen LogP contribution in [0.1, 0.15) is 30.9 Å². The van der Waals surface area contributed by atoms with Crippen molar-refractivity contribution in [3.8, 4) is 5.75 Å². The van der Waals surface area contributed by atoms with Gasteiger partial charge in [-0.25, -0.2) is 0 Å². The first-order valence-electron chi connectivity index (χ1n) is 6.91. The summed E-state index contributed by atoms with van der Waals surface area (Å²) in [5, 5.41) is 3.49. The second-order valence-corrected chi connectivity index (χ2v) is 6.45. The van der Waals surface area contributed by atoms with E-state index < -0.39 is 0 Å². The predicted molar refractivity (Wildman–Crippen MR) is 84.2 cm³/mol. The molecule has 0 saturated heterocycles. The first kappa shape index (κ1) is 15.1. The van der Waals surface area contributed by atoms with E-state index in [1.54, 1.807) is 0 Å². The second-order valence-electron chi connectivity index (χ2n) is 5.23. The molecule has 0 saturated carbocycles. The van der Waals surface area contributed by atoms with Crippen LogP contribution in [0.15, 0.2) is 16.6 Å². The maximum absolute atomic E-state index is 5.80. The van der Waals surface area contributed by atoms with Crippen LogP contribution in [-0.4, -0.2) is 19.0 Å². The highest BCUT2D eigenvalue weighted by atomic mass is 79.9. The number of rotatable bonds is 7. The fourth-order valence-corrected chi connectivity index (χ4v) is 3.06. The number of hydrogen-bond acceptors (Lipinski definition) is 2. The van der Waals surface area contributed by atoms with Crippen LogP contribution in [-0.2, 0) is 13.0 Å². The summed E-state index contributed by atoms with van der Waals surface area (Å²) < 4.78 is 6.86. The van der Waals surface area contributed by atoms with E-state index in [1.165, 1.54) is 24.0 Å². The Balaban J connectivity index is 1.80. The number of fused-ring (bicyclic) bond motifs is 1. The van der Waals surface area contributed by atoms with E-state index in [2.05, 4.69) is 40.3 Å². The topological polar surface area (TPSA) is 21.3 Å². The fraction of sp³-hybridized carbons (Fsp3) is 0.600. The summed E-state index contributed by atoms with van der Waals surface area (Å²) in [7, 11) is 0. The van der Waals surface area contributed by atoms with Gasteiger partial charge < -0.3 is 10.1 Å². The van der Waals surface area contributed by atoms with E-state index in [-0.39, 0.29) is 0 Å². The normalized spacial score (nSPS) is 15.1. The number of benzene rings is 1. The first-order valence-corrected chi connectivity index (χ1v) is 8.24. The number of alkyl halides is 1. The van der Waals surface area contributed by atoms with Crippen molar-refractivity contribution in [2.24, 2.45) is 5.92 Å². The molecule has 0 aliphatic carbocycles. The minimum Gasteiger partial charge on any atom is -0.493 e. The van der Waals surface area contributed by atoms with E-state index in [4.69, 9.17) is 16.3 Å². The van der Waals surface area contributed by atoms with Crippen molar-refractivity contribution in [3.05, 3.63) is 27.7 Å². The Morgan fingerprint density at radius 3 is 3.11 bits per heavy atom. The molecule has 1 heterocycles. The molecule has 1 aromatic rings. The van der Waals surface area contributed by atoms with Crippen LogP contribution < -0.4 is 10.1 Å². The van der Waals surface area contributed by atoms with Crippen molar-refractivity contribution in [1.82, 2.24) is 5.32 Å². The predicted octanol–water partition coefficient (Wildman–Crippen LogP) is 4.13. The van der Waals surface area contributed by atoms with E-state index in [0.717, 1.165) is 42.2 Å². The molecular formula is C15H21BrClNO. The van der Waals surface area contributed by atoms with E-state index >= 15 is 0 Å². The van der Waals surface area contributed by atoms with Crippen molar-refractivity contribution in [2.45, 2.75) is 32.7 Å². The van der Waals surface area contributed by atoms with Gasteiger partial charge in [-0.1, -0.05) is 22.9 Å². The van der Waals surface area contributed by atoms with Crippen molar-refractivity contribution in [1.29, 1.82) is 0 Å². The van der Waals surface area contributed by atoms with Crippen molar-refractivity contribution >= 4 is 27.5 Å². The average molecular weight is 347 g/mol. The lowest BCUT2D eigenvalue weighted by Crippen LogP contribution is -2.16. The highest BCUT2D eigenvalue weighted by Gasteiger charge is 2.16. The number of hydrogen-bond donors (Lipinski definition) is 1. The van der Waals surface area contributed by atoms with Crippen LogP contribution in [0.2, 0.25) is 0 Å². The average Bonchev–Trinajstić information content (AvgIpc) is 2.85. The SMILES string of the molecule is CC(CCl)CCCNCc1cc(Br)cc2c1OCC2. The highest BCUT2D eigenvalue weighted by molar-refractivity contribution is 9.10. The molecule has 1 N–H and O–H groups in total. The van der Waals surface area contributed by atoms with Crippen LogP contribution >= 0.6 is 27.5 Å². The summed E-state index contributed by atoms with van der Waals surface area (Å²) in [6.07, 6.45) is 3.38. The Kier molecular flexibility index (Phi) is 5.99. The molecule has 1 aliphatic heterocycles. The monoisotopic (exact) mass is 345 g/mol. The lowest BCUT2D eigenvalue weighted by atomic mass is 10.1. The van der Waals surface area contributed by atoms with Gasteiger partial charge in [0.1, 0.15) is 5.75 Å². The van der Waals surface area contributed by atoms with Gasteiger partial charge in [0.2, 0.25) is 0 Å². The standard InChI is InChI=1S/C15H21BrClNO/c1-11(9-17)3-2-5-18-10-13-8-14(16)7-12-4-6-19-15(12)13/h7-8,11,18H,2-6,9-10H2,1H3. The Hall–Kier alpha value is -0.250. The lowest BCUT2D eigenvalue weighted by Gasteiger charge is -2.11. The summed E-state index contributed by atoms with van der Waals surface area (Å²) in [6, 6.07) is 4.31. The first-order chi connectivity index (χ1) is 9.20. The molecule has 1 unspecified atom stereocenters. The molecule has 4 heteroatoms. The van der Waals surface area contributed by atoms with Crippen molar-refractivity contribution < 1.29 is 4.74 Å². The summed E-state index contributed by atoms with van der Waals surface area (Å²) in [5.74, 6) is 2.46. The number of nitrogens with one attached hydrogen (secondary N) is 1. The Morgan fingerprint density at radius 1 is 1.47 bits per heavy atom. The Bertz CT molecular complexity index is 425. The molecule has 1 aliphatic rings. The van der Waals surface area contributed by atoms with Gasteiger partial charge in [0.15, 0.2) is 0 Å². The van der Waals surface area contributed by atoms with Crippen LogP contribution in [0.3, 0.4) is 0 Å². The number of ether oxygens (including phenoxy) is 1. The molecule has 0 radical (unpaired) electrons. The van der Waals surface area contributed by atoms with Crippen molar-refractivity contribution in [3.63, 3.8) is 0 Å². The van der Waals surface area contributed by atoms with Gasteiger partial charge >= 0.3 is 0 Å².